The van der Waals surface area contributed by atoms with Crippen LogP contribution in [0.25, 0.3) is 0 Å². The molecule has 9 heteroatoms. The molecule has 0 bridgehead atoms. The lowest BCUT2D eigenvalue weighted by Gasteiger charge is -2.16. The monoisotopic (exact) mass is 337 g/mol. The van der Waals surface area contributed by atoms with Gasteiger partial charge in [0, 0.05) is 12.2 Å². The number of hydrogen-bond donors (Lipinski definition) is 5. The van der Waals surface area contributed by atoms with Crippen LogP contribution in [0.4, 0.5) is 15.3 Å². The Morgan fingerprint density at radius 2 is 1.83 bits per heavy atom. The molecule has 1 atom stereocenters. The van der Waals surface area contributed by atoms with Gasteiger partial charge in [0.2, 0.25) is 5.91 Å². The molecule has 7 N–H and O–H groups in total. The average Bonchev–Trinajstić information content (AvgIpc) is 2.53. The summed E-state index contributed by atoms with van der Waals surface area (Å²) >= 11 is 0. The zero-order valence-corrected chi connectivity index (χ0v) is 13.5. The largest absolute Gasteiger partial charge is 0.445 e. The van der Waals surface area contributed by atoms with Crippen molar-refractivity contribution in [2.24, 2.45) is 11.5 Å². The van der Waals surface area contributed by atoms with E-state index in [9.17, 15) is 14.4 Å². The molecule has 1 aromatic carbocycles. The van der Waals surface area contributed by atoms with E-state index < -0.39 is 18.2 Å². The maximum atomic E-state index is 12.2. The van der Waals surface area contributed by atoms with Gasteiger partial charge < -0.3 is 32.2 Å². The quantitative estimate of drug-likeness (QED) is 0.410. The number of primary amides is 2. The van der Waals surface area contributed by atoms with Crippen LogP contribution in [0.15, 0.2) is 24.3 Å². The molecule has 0 heterocycles. The van der Waals surface area contributed by atoms with Gasteiger partial charge in [0.05, 0.1) is 6.04 Å². The number of nitrogens with one attached hydrogen (secondary N) is 3. The van der Waals surface area contributed by atoms with Gasteiger partial charge >= 0.3 is 12.1 Å². The Morgan fingerprint density at radius 3 is 2.38 bits per heavy atom. The number of carbonyl (C=O) groups excluding carboxylic acids is 3. The zero-order valence-electron chi connectivity index (χ0n) is 13.5. The number of rotatable bonds is 9. The number of ether oxygens (including phenoxy) is 1. The Morgan fingerprint density at radius 1 is 1.17 bits per heavy atom. The van der Waals surface area contributed by atoms with Crippen LogP contribution in [-0.4, -0.2) is 37.7 Å². The summed E-state index contributed by atoms with van der Waals surface area (Å²) in [5.41, 5.74) is 11.3. The lowest BCUT2D eigenvalue weighted by atomic mass is 10.1. The molecule has 24 heavy (non-hydrogen) atoms. The van der Waals surface area contributed by atoms with Crippen molar-refractivity contribution in [2.75, 3.05) is 18.9 Å². The fourth-order valence-corrected chi connectivity index (χ4v) is 1.99. The summed E-state index contributed by atoms with van der Waals surface area (Å²) in [6, 6.07) is 5.89. The van der Waals surface area contributed by atoms with Gasteiger partial charge in [-0.1, -0.05) is 12.1 Å². The molecule has 0 saturated heterocycles. The van der Waals surface area contributed by atoms with Crippen LogP contribution < -0.4 is 27.4 Å². The minimum absolute atomic E-state index is 0.0789. The number of nitrogens with two attached hydrogens (primary N) is 2. The van der Waals surface area contributed by atoms with Crippen LogP contribution in [0.2, 0.25) is 0 Å². The number of likely N-dealkylation sites (N-methyl/N-ethyl adjacent to an activating group) is 1. The first-order valence-corrected chi connectivity index (χ1v) is 7.45. The van der Waals surface area contributed by atoms with E-state index in [0.717, 1.165) is 5.56 Å². The number of benzene rings is 1. The minimum atomic E-state index is -0.838. The third-order valence-corrected chi connectivity index (χ3v) is 3.24. The van der Waals surface area contributed by atoms with Gasteiger partial charge in [0.15, 0.2) is 0 Å². The van der Waals surface area contributed by atoms with E-state index in [2.05, 4.69) is 20.7 Å². The van der Waals surface area contributed by atoms with Gasteiger partial charge in [0.1, 0.15) is 6.61 Å². The Balaban J connectivity index is 2.46. The SMILES string of the molecule is CNC(CCCNC(N)=O)C(=O)Nc1ccc(COC(N)=O)cc1. The molecular weight excluding hydrogens is 314 g/mol. The highest BCUT2D eigenvalue weighted by Crippen LogP contribution is 2.11. The van der Waals surface area contributed by atoms with E-state index >= 15 is 0 Å². The Labute approximate surface area is 140 Å². The lowest BCUT2D eigenvalue weighted by Crippen LogP contribution is -2.39. The fourth-order valence-electron chi connectivity index (χ4n) is 1.99. The third-order valence-electron chi connectivity index (χ3n) is 3.24. The van der Waals surface area contributed by atoms with Gasteiger partial charge in [-0.05, 0) is 37.6 Å². The van der Waals surface area contributed by atoms with Crippen molar-refractivity contribution >= 4 is 23.7 Å². The second-order valence-electron chi connectivity index (χ2n) is 5.07. The predicted octanol–water partition coefficient (Wildman–Crippen LogP) is 0.257. The summed E-state index contributed by atoms with van der Waals surface area (Å²) in [6.45, 7) is 0.491. The van der Waals surface area contributed by atoms with Crippen molar-refractivity contribution in [3.05, 3.63) is 29.8 Å². The van der Waals surface area contributed by atoms with Crippen molar-refractivity contribution in [1.82, 2.24) is 10.6 Å². The smallest absolute Gasteiger partial charge is 0.404 e. The molecule has 1 aromatic rings. The minimum Gasteiger partial charge on any atom is -0.445 e. The van der Waals surface area contributed by atoms with E-state index in [1.165, 1.54) is 0 Å². The molecule has 132 valence electrons. The molecule has 9 nitrogen and oxygen atoms in total. The van der Waals surface area contributed by atoms with Crippen LogP contribution in [0.5, 0.6) is 0 Å². The molecule has 0 fully saturated rings. The number of carbonyl (C=O) groups is 3. The Hall–Kier alpha value is -2.81. The summed E-state index contributed by atoms with van der Waals surface area (Å²) in [4.78, 5) is 33.3. The number of amides is 4. The van der Waals surface area contributed by atoms with E-state index in [1.807, 2.05) is 0 Å². The van der Waals surface area contributed by atoms with Crippen LogP contribution in [0.3, 0.4) is 0 Å². The molecule has 0 aliphatic carbocycles. The molecule has 1 rings (SSSR count). The standard InChI is InChI=1S/C15H23N5O4/c1-18-12(3-2-8-19-14(16)22)13(21)20-11-6-4-10(5-7-11)9-24-15(17)23/h4-7,12,18H,2-3,8-9H2,1H3,(H2,17,23)(H,20,21)(H3,16,19,22). The molecule has 4 amide bonds. The fraction of sp³-hybridized carbons (Fsp3) is 0.400. The highest BCUT2D eigenvalue weighted by Gasteiger charge is 2.16. The number of anilines is 1. The molecule has 0 aliphatic heterocycles. The highest BCUT2D eigenvalue weighted by molar-refractivity contribution is 5.94. The van der Waals surface area contributed by atoms with Gasteiger partial charge in [-0.2, -0.15) is 0 Å². The average molecular weight is 337 g/mol. The molecule has 0 aromatic heterocycles. The maximum absolute atomic E-state index is 12.2. The second kappa shape index (κ2) is 10.1. The summed E-state index contributed by atoms with van der Waals surface area (Å²) in [6.07, 6.45) is 0.327. The topological polar surface area (TPSA) is 149 Å². The van der Waals surface area contributed by atoms with Gasteiger partial charge in [-0.25, -0.2) is 9.59 Å². The van der Waals surface area contributed by atoms with Crippen LogP contribution in [0, 0.1) is 0 Å². The van der Waals surface area contributed by atoms with E-state index in [1.54, 1.807) is 31.3 Å². The van der Waals surface area contributed by atoms with Gasteiger partial charge in [-0.15, -0.1) is 0 Å². The van der Waals surface area contributed by atoms with E-state index in [-0.39, 0.29) is 12.5 Å². The first-order valence-electron chi connectivity index (χ1n) is 7.45. The molecule has 0 radical (unpaired) electrons. The number of urea groups is 1. The first kappa shape index (κ1) is 19.2. The molecule has 1 unspecified atom stereocenters. The van der Waals surface area contributed by atoms with Crippen LogP contribution >= 0.6 is 0 Å². The summed E-state index contributed by atoms with van der Waals surface area (Å²) in [7, 11) is 1.69. The van der Waals surface area contributed by atoms with Crippen molar-refractivity contribution in [1.29, 1.82) is 0 Å². The van der Waals surface area contributed by atoms with Crippen molar-refractivity contribution in [3.8, 4) is 0 Å². The number of hydrogen-bond acceptors (Lipinski definition) is 5. The van der Waals surface area contributed by atoms with E-state index in [0.29, 0.717) is 25.1 Å². The summed E-state index contributed by atoms with van der Waals surface area (Å²) < 4.78 is 4.68. The lowest BCUT2D eigenvalue weighted by molar-refractivity contribution is -0.118. The molecular formula is C15H23N5O4. The van der Waals surface area contributed by atoms with Crippen molar-refractivity contribution < 1.29 is 19.1 Å². The maximum Gasteiger partial charge on any atom is 0.404 e. The van der Waals surface area contributed by atoms with Crippen LogP contribution in [-0.2, 0) is 16.1 Å². The normalized spacial score (nSPS) is 11.4. The van der Waals surface area contributed by atoms with Crippen LogP contribution in [0.1, 0.15) is 18.4 Å². The summed E-state index contributed by atoms with van der Waals surface area (Å²) in [5, 5.41) is 8.19. The highest BCUT2D eigenvalue weighted by atomic mass is 16.5. The zero-order chi connectivity index (χ0) is 17.9. The van der Waals surface area contributed by atoms with Gasteiger partial charge in [-0.3, -0.25) is 4.79 Å². The molecule has 0 saturated carbocycles. The summed E-state index contributed by atoms with van der Waals surface area (Å²) in [5.74, 6) is -0.183. The second-order valence-corrected chi connectivity index (χ2v) is 5.07. The van der Waals surface area contributed by atoms with Crippen molar-refractivity contribution in [3.63, 3.8) is 0 Å². The Bertz CT molecular complexity index is 561. The first-order chi connectivity index (χ1) is 11.4. The van der Waals surface area contributed by atoms with Gasteiger partial charge in [0.25, 0.3) is 0 Å². The van der Waals surface area contributed by atoms with E-state index in [4.69, 9.17) is 11.5 Å². The Kier molecular flexibility index (Phi) is 8.06. The molecule has 0 spiro atoms. The molecule has 0 aliphatic rings. The predicted molar refractivity (Wildman–Crippen MR) is 89.1 cm³/mol. The third kappa shape index (κ3) is 7.45. The van der Waals surface area contributed by atoms with Crippen molar-refractivity contribution in [2.45, 2.75) is 25.5 Å².